The van der Waals surface area contributed by atoms with E-state index < -0.39 is 6.03 Å². The average Bonchev–Trinajstić information content (AvgIpc) is 3.16. The number of amides is 3. The molecule has 2 saturated heterocycles. The van der Waals surface area contributed by atoms with Crippen molar-refractivity contribution in [3.63, 3.8) is 0 Å². The zero-order chi connectivity index (χ0) is 19.0. The third-order valence-corrected chi connectivity index (χ3v) is 5.18. The first-order chi connectivity index (χ1) is 13.0. The molecule has 0 bridgehead atoms. The Hall–Kier alpha value is -2.94. The van der Waals surface area contributed by atoms with Gasteiger partial charge in [-0.3, -0.25) is 4.79 Å². The summed E-state index contributed by atoms with van der Waals surface area (Å²) in [7, 11) is 0. The number of nitrogens with two attached hydrogens (primary N) is 1. The lowest BCUT2D eigenvalue weighted by Gasteiger charge is -2.37. The highest BCUT2D eigenvalue weighted by atomic mass is 16.5. The molecule has 3 amide bonds. The van der Waals surface area contributed by atoms with Crippen LogP contribution in [0.15, 0.2) is 30.5 Å². The molecule has 1 aromatic carbocycles. The van der Waals surface area contributed by atoms with Gasteiger partial charge in [-0.1, -0.05) is 17.3 Å². The number of carbonyl (C=O) groups is 2. The van der Waals surface area contributed by atoms with Crippen LogP contribution in [0.25, 0.3) is 11.3 Å². The summed E-state index contributed by atoms with van der Waals surface area (Å²) in [5.41, 5.74) is 7.42. The normalized spacial score (nSPS) is 18.9. The average molecular weight is 370 g/mol. The maximum absolute atomic E-state index is 12.7. The van der Waals surface area contributed by atoms with Crippen molar-refractivity contribution in [2.45, 2.75) is 12.5 Å². The predicted octanol–water partition coefficient (Wildman–Crippen LogP) is 0.527. The van der Waals surface area contributed by atoms with Gasteiger partial charge in [-0.15, -0.1) is 5.10 Å². The highest BCUT2D eigenvalue weighted by molar-refractivity contribution is 5.94. The number of hydrogen-bond donors (Lipinski definition) is 1. The van der Waals surface area contributed by atoms with E-state index in [0.29, 0.717) is 45.0 Å². The first kappa shape index (κ1) is 17.5. The van der Waals surface area contributed by atoms with Crippen molar-refractivity contribution >= 4 is 11.9 Å². The minimum absolute atomic E-state index is 0.0477. The monoisotopic (exact) mass is 370 g/mol. The topological polar surface area (TPSA) is 107 Å². The number of carbonyl (C=O) groups excluding carboxylic acids is 2. The van der Waals surface area contributed by atoms with Crippen LogP contribution in [0.4, 0.5) is 4.79 Å². The molecule has 2 aromatic rings. The fraction of sp³-hybridized carbons (Fsp3) is 0.444. The van der Waals surface area contributed by atoms with E-state index in [9.17, 15) is 9.59 Å². The molecule has 2 N–H and O–H groups in total. The zero-order valence-electron chi connectivity index (χ0n) is 15.2. The lowest BCUT2D eigenvalue weighted by molar-refractivity contribution is -0.0965. The summed E-state index contributed by atoms with van der Waals surface area (Å²) in [5, 5.41) is 8.44. The van der Waals surface area contributed by atoms with E-state index in [2.05, 4.69) is 17.2 Å². The van der Waals surface area contributed by atoms with Crippen LogP contribution in [0.1, 0.15) is 17.3 Å². The summed E-state index contributed by atoms with van der Waals surface area (Å²) in [4.78, 5) is 27.1. The lowest BCUT2D eigenvalue weighted by atomic mass is 10.0. The molecule has 3 heterocycles. The van der Waals surface area contributed by atoms with E-state index in [1.54, 1.807) is 21.9 Å². The van der Waals surface area contributed by atoms with Gasteiger partial charge in [-0.05, 0) is 19.1 Å². The first-order valence-corrected chi connectivity index (χ1v) is 8.91. The Bertz CT molecular complexity index is 850. The Balaban J connectivity index is 1.43. The second-order valence-electron chi connectivity index (χ2n) is 7.23. The van der Waals surface area contributed by atoms with Crippen molar-refractivity contribution in [2.75, 3.05) is 39.4 Å². The summed E-state index contributed by atoms with van der Waals surface area (Å²) in [6, 6.07) is 6.90. The van der Waals surface area contributed by atoms with E-state index in [-0.39, 0.29) is 11.4 Å². The second-order valence-corrected chi connectivity index (χ2v) is 7.23. The number of piperazine rings is 1. The van der Waals surface area contributed by atoms with Crippen molar-refractivity contribution in [3.05, 3.63) is 36.0 Å². The van der Waals surface area contributed by atoms with Gasteiger partial charge in [0.15, 0.2) is 0 Å². The zero-order valence-corrected chi connectivity index (χ0v) is 15.2. The molecule has 9 nitrogen and oxygen atoms in total. The summed E-state index contributed by atoms with van der Waals surface area (Å²) in [6.07, 6.45) is 1.91. The lowest BCUT2D eigenvalue weighted by Crippen LogP contribution is -2.52. The van der Waals surface area contributed by atoms with Crippen molar-refractivity contribution in [1.82, 2.24) is 24.8 Å². The molecule has 9 heteroatoms. The Morgan fingerprint density at radius 1 is 1.07 bits per heavy atom. The first-order valence-electron chi connectivity index (χ1n) is 8.91. The molecule has 27 heavy (non-hydrogen) atoms. The summed E-state index contributed by atoms with van der Waals surface area (Å²) < 4.78 is 7.10. The van der Waals surface area contributed by atoms with Crippen molar-refractivity contribution < 1.29 is 14.3 Å². The van der Waals surface area contributed by atoms with Crippen LogP contribution in [0, 0.1) is 0 Å². The third-order valence-electron chi connectivity index (χ3n) is 5.18. The van der Waals surface area contributed by atoms with Gasteiger partial charge in [-0.2, -0.15) is 0 Å². The summed E-state index contributed by atoms with van der Waals surface area (Å²) >= 11 is 0. The van der Waals surface area contributed by atoms with Crippen molar-refractivity contribution in [3.8, 4) is 11.3 Å². The van der Waals surface area contributed by atoms with Crippen LogP contribution < -0.4 is 5.73 Å². The number of primary amides is 1. The minimum Gasteiger partial charge on any atom is -0.376 e. The van der Waals surface area contributed by atoms with E-state index in [1.807, 2.05) is 23.0 Å². The maximum atomic E-state index is 12.7. The van der Waals surface area contributed by atoms with Gasteiger partial charge in [0.1, 0.15) is 11.2 Å². The standard InChI is InChI=1S/C18H22N6O3/c1-18(11-27-12-18)24-10-15(20-21-24)13-2-4-14(5-3-13)16(25)22-6-8-23(9-7-22)17(19)26/h2-5,10H,6-9,11-12H2,1H3,(H2,19,26). The van der Waals surface area contributed by atoms with E-state index in [4.69, 9.17) is 10.5 Å². The van der Waals surface area contributed by atoms with E-state index in [1.165, 1.54) is 0 Å². The van der Waals surface area contributed by atoms with Crippen LogP contribution in [0.3, 0.4) is 0 Å². The molecule has 2 aliphatic rings. The number of ether oxygens (including phenoxy) is 1. The molecule has 0 unspecified atom stereocenters. The Labute approximate surface area is 156 Å². The largest absolute Gasteiger partial charge is 0.376 e. The quantitative estimate of drug-likeness (QED) is 0.848. The smallest absolute Gasteiger partial charge is 0.314 e. The van der Waals surface area contributed by atoms with Crippen molar-refractivity contribution in [2.24, 2.45) is 5.73 Å². The van der Waals surface area contributed by atoms with E-state index >= 15 is 0 Å². The molecule has 142 valence electrons. The molecule has 0 saturated carbocycles. The minimum atomic E-state index is -0.443. The van der Waals surface area contributed by atoms with Crippen LogP contribution in [0.5, 0.6) is 0 Å². The number of urea groups is 1. The Morgan fingerprint density at radius 3 is 2.26 bits per heavy atom. The highest BCUT2D eigenvalue weighted by Crippen LogP contribution is 2.26. The van der Waals surface area contributed by atoms with Gasteiger partial charge < -0.3 is 20.3 Å². The molecule has 4 rings (SSSR count). The van der Waals surface area contributed by atoms with Gasteiger partial charge in [0.05, 0.1) is 19.4 Å². The fourth-order valence-corrected chi connectivity index (χ4v) is 3.29. The molecule has 0 radical (unpaired) electrons. The summed E-state index contributed by atoms with van der Waals surface area (Å²) in [6.45, 7) is 5.24. The second kappa shape index (κ2) is 6.66. The van der Waals surface area contributed by atoms with E-state index in [0.717, 1.165) is 11.3 Å². The summed E-state index contributed by atoms with van der Waals surface area (Å²) in [5.74, 6) is -0.0477. The van der Waals surface area contributed by atoms with Gasteiger partial charge >= 0.3 is 6.03 Å². The third kappa shape index (κ3) is 3.25. The van der Waals surface area contributed by atoms with Crippen LogP contribution in [-0.2, 0) is 10.3 Å². The maximum Gasteiger partial charge on any atom is 0.314 e. The molecule has 0 aliphatic carbocycles. The molecule has 1 aromatic heterocycles. The Morgan fingerprint density at radius 2 is 1.70 bits per heavy atom. The molecular formula is C18H22N6O3. The molecular weight excluding hydrogens is 348 g/mol. The highest BCUT2D eigenvalue weighted by Gasteiger charge is 2.36. The molecule has 2 fully saturated rings. The van der Waals surface area contributed by atoms with Crippen LogP contribution >= 0.6 is 0 Å². The predicted molar refractivity (Wildman–Crippen MR) is 97.0 cm³/mol. The number of benzene rings is 1. The Kier molecular flexibility index (Phi) is 4.31. The number of aromatic nitrogens is 3. The molecule has 2 aliphatic heterocycles. The van der Waals surface area contributed by atoms with Gasteiger partial charge in [0, 0.05) is 37.3 Å². The SMILES string of the molecule is CC1(n2cc(-c3ccc(C(=O)N4CCN(C(N)=O)CC4)cc3)nn2)COC1. The number of rotatable bonds is 3. The fourth-order valence-electron chi connectivity index (χ4n) is 3.29. The van der Waals surface area contributed by atoms with Crippen LogP contribution in [-0.4, -0.2) is 76.1 Å². The van der Waals surface area contributed by atoms with Crippen LogP contribution in [0.2, 0.25) is 0 Å². The van der Waals surface area contributed by atoms with Gasteiger partial charge in [0.2, 0.25) is 0 Å². The van der Waals surface area contributed by atoms with Gasteiger partial charge in [-0.25, -0.2) is 9.48 Å². The van der Waals surface area contributed by atoms with Crippen molar-refractivity contribution in [1.29, 1.82) is 0 Å². The number of nitrogens with zero attached hydrogens (tertiary/aromatic N) is 5. The van der Waals surface area contributed by atoms with Gasteiger partial charge in [0.25, 0.3) is 5.91 Å². The molecule has 0 atom stereocenters. The number of hydrogen-bond acceptors (Lipinski definition) is 5. The molecule has 0 spiro atoms.